The third kappa shape index (κ3) is 8.95. The van der Waals surface area contributed by atoms with E-state index in [1.165, 1.54) is 0 Å². The predicted octanol–water partition coefficient (Wildman–Crippen LogP) is 2.58. The highest BCUT2D eigenvalue weighted by Gasteiger charge is 2.08. The summed E-state index contributed by atoms with van der Waals surface area (Å²) in [5.41, 5.74) is 1.01. The molecule has 0 radical (unpaired) electrons. The normalized spacial score (nSPS) is 12.3. The summed E-state index contributed by atoms with van der Waals surface area (Å²) in [6.45, 7) is 6.10. The average Bonchev–Trinajstić information content (AvgIpc) is 2.53. The van der Waals surface area contributed by atoms with Gasteiger partial charge in [0.1, 0.15) is 0 Å². The first-order valence-electron chi connectivity index (χ1n) is 7.74. The van der Waals surface area contributed by atoms with Crippen LogP contribution in [0.1, 0.15) is 32.3 Å². The largest absolute Gasteiger partial charge is 0.477 e. The quantitative estimate of drug-likeness (QED) is 0.270. The van der Waals surface area contributed by atoms with Gasteiger partial charge in [0.15, 0.2) is 5.96 Å². The van der Waals surface area contributed by atoms with Gasteiger partial charge in [-0.3, -0.25) is 4.99 Å². The highest BCUT2D eigenvalue weighted by Crippen LogP contribution is 2.14. The summed E-state index contributed by atoms with van der Waals surface area (Å²) in [6.07, 6.45) is 3.88. The molecule has 1 heterocycles. The van der Waals surface area contributed by atoms with Gasteiger partial charge >= 0.3 is 0 Å². The van der Waals surface area contributed by atoms with E-state index in [1.807, 2.05) is 19.1 Å². The van der Waals surface area contributed by atoms with Gasteiger partial charge in [0.2, 0.25) is 5.88 Å². The van der Waals surface area contributed by atoms with E-state index in [0.29, 0.717) is 25.6 Å². The Morgan fingerprint density at radius 3 is 2.87 bits per heavy atom. The molecule has 7 heteroatoms. The molecule has 0 bridgehead atoms. The van der Waals surface area contributed by atoms with Crippen LogP contribution in [0.25, 0.3) is 0 Å². The molecule has 1 atom stereocenters. The van der Waals surface area contributed by atoms with Crippen molar-refractivity contribution in [3.05, 3.63) is 23.9 Å². The zero-order chi connectivity index (χ0) is 16.2. The van der Waals surface area contributed by atoms with Gasteiger partial charge in [0.25, 0.3) is 0 Å². The molecule has 1 aromatic rings. The maximum atomic E-state index is 5.73. The van der Waals surface area contributed by atoms with Crippen molar-refractivity contribution in [3.63, 3.8) is 0 Å². The lowest BCUT2D eigenvalue weighted by Gasteiger charge is -2.17. The van der Waals surface area contributed by atoms with E-state index in [2.05, 4.69) is 27.5 Å². The second-order valence-electron chi connectivity index (χ2n) is 5.10. The maximum Gasteiger partial charge on any atom is 0.218 e. The average molecular weight is 436 g/mol. The number of rotatable bonds is 9. The SMILES string of the molecule is CCCCOc1ncccc1CNC(=NC)NC(C)COC.I. The molecule has 0 saturated carbocycles. The van der Waals surface area contributed by atoms with Crippen molar-refractivity contribution in [2.45, 2.75) is 39.3 Å². The highest BCUT2D eigenvalue weighted by atomic mass is 127. The summed E-state index contributed by atoms with van der Waals surface area (Å²) in [5.74, 6) is 1.41. The summed E-state index contributed by atoms with van der Waals surface area (Å²) in [5, 5.41) is 6.53. The Morgan fingerprint density at radius 1 is 1.43 bits per heavy atom. The lowest BCUT2D eigenvalue weighted by molar-refractivity contribution is 0.179. The Balaban J connectivity index is 0.00000484. The molecule has 0 aliphatic rings. The van der Waals surface area contributed by atoms with E-state index in [-0.39, 0.29) is 30.0 Å². The third-order valence-electron chi connectivity index (χ3n) is 3.06. The number of hydrogen-bond donors (Lipinski definition) is 2. The van der Waals surface area contributed by atoms with Crippen molar-refractivity contribution in [3.8, 4) is 5.88 Å². The Kier molecular flexibility index (Phi) is 12.7. The molecule has 0 aliphatic carbocycles. The molecule has 6 nitrogen and oxygen atoms in total. The molecule has 0 spiro atoms. The standard InChI is InChI=1S/C16H28N4O2.HI/c1-5-6-10-22-15-14(8-7-9-18-15)11-19-16(17-3)20-13(2)12-21-4;/h7-9,13H,5-6,10-12H2,1-4H3,(H2,17,19,20);1H. The van der Waals surface area contributed by atoms with Crippen LogP contribution >= 0.6 is 24.0 Å². The Morgan fingerprint density at radius 2 is 2.22 bits per heavy atom. The fourth-order valence-corrected chi connectivity index (χ4v) is 1.90. The first-order chi connectivity index (χ1) is 10.7. The number of nitrogens with zero attached hydrogens (tertiary/aromatic N) is 2. The molecule has 0 aliphatic heterocycles. The zero-order valence-electron chi connectivity index (χ0n) is 14.5. The summed E-state index contributed by atoms with van der Waals surface area (Å²) >= 11 is 0. The number of ether oxygens (including phenoxy) is 2. The zero-order valence-corrected chi connectivity index (χ0v) is 16.8. The monoisotopic (exact) mass is 436 g/mol. The number of halogens is 1. The van der Waals surface area contributed by atoms with Crippen molar-refractivity contribution in [2.24, 2.45) is 4.99 Å². The van der Waals surface area contributed by atoms with Crippen molar-refractivity contribution >= 4 is 29.9 Å². The molecule has 23 heavy (non-hydrogen) atoms. The number of unbranched alkanes of at least 4 members (excludes halogenated alkanes) is 1. The van der Waals surface area contributed by atoms with Crippen LogP contribution in [0.3, 0.4) is 0 Å². The van der Waals surface area contributed by atoms with Crippen LogP contribution in [0.4, 0.5) is 0 Å². The molecular formula is C16H29IN4O2. The number of pyridine rings is 1. The van der Waals surface area contributed by atoms with Gasteiger partial charge in [-0.25, -0.2) is 4.98 Å². The summed E-state index contributed by atoms with van der Waals surface area (Å²) < 4.78 is 10.8. The minimum Gasteiger partial charge on any atom is -0.477 e. The maximum absolute atomic E-state index is 5.73. The lowest BCUT2D eigenvalue weighted by atomic mass is 10.2. The van der Waals surface area contributed by atoms with E-state index >= 15 is 0 Å². The Labute approximate surface area is 156 Å². The second-order valence-corrected chi connectivity index (χ2v) is 5.10. The van der Waals surface area contributed by atoms with Crippen LogP contribution in [0.15, 0.2) is 23.3 Å². The Hall–Kier alpha value is -1.09. The molecule has 2 N–H and O–H groups in total. The second kappa shape index (κ2) is 13.4. The Bertz CT molecular complexity index is 457. The topological polar surface area (TPSA) is 67.8 Å². The van der Waals surface area contributed by atoms with E-state index in [0.717, 1.165) is 24.4 Å². The van der Waals surface area contributed by atoms with E-state index in [9.17, 15) is 0 Å². The molecule has 0 amide bonds. The van der Waals surface area contributed by atoms with Crippen LogP contribution < -0.4 is 15.4 Å². The van der Waals surface area contributed by atoms with Crippen molar-refractivity contribution in [1.29, 1.82) is 0 Å². The molecule has 1 aromatic heterocycles. The van der Waals surface area contributed by atoms with Gasteiger partial charge in [0.05, 0.1) is 13.2 Å². The van der Waals surface area contributed by atoms with E-state index < -0.39 is 0 Å². The minimum absolute atomic E-state index is 0. The van der Waals surface area contributed by atoms with Crippen LogP contribution in [-0.4, -0.2) is 44.4 Å². The lowest BCUT2D eigenvalue weighted by Crippen LogP contribution is -2.43. The van der Waals surface area contributed by atoms with Crippen molar-refractivity contribution in [1.82, 2.24) is 15.6 Å². The first kappa shape index (κ1) is 21.9. The third-order valence-corrected chi connectivity index (χ3v) is 3.06. The summed E-state index contributed by atoms with van der Waals surface area (Å²) in [4.78, 5) is 8.51. The van der Waals surface area contributed by atoms with Gasteiger partial charge in [0, 0.05) is 38.5 Å². The highest BCUT2D eigenvalue weighted by molar-refractivity contribution is 14.0. The smallest absolute Gasteiger partial charge is 0.218 e. The molecule has 0 aromatic carbocycles. The molecule has 132 valence electrons. The number of aromatic nitrogens is 1. The number of aliphatic imine (C=N–C) groups is 1. The number of methoxy groups -OCH3 is 1. The van der Waals surface area contributed by atoms with Gasteiger partial charge < -0.3 is 20.1 Å². The van der Waals surface area contributed by atoms with Crippen molar-refractivity contribution < 1.29 is 9.47 Å². The number of hydrogen-bond acceptors (Lipinski definition) is 4. The first-order valence-corrected chi connectivity index (χ1v) is 7.74. The fraction of sp³-hybridized carbons (Fsp3) is 0.625. The van der Waals surface area contributed by atoms with E-state index in [1.54, 1.807) is 20.4 Å². The van der Waals surface area contributed by atoms with Crippen LogP contribution in [-0.2, 0) is 11.3 Å². The fourth-order valence-electron chi connectivity index (χ4n) is 1.90. The minimum atomic E-state index is 0. The number of guanidine groups is 1. The van der Waals surface area contributed by atoms with Gasteiger partial charge in [-0.1, -0.05) is 19.4 Å². The molecule has 0 saturated heterocycles. The predicted molar refractivity (Wildman–Crippen MR) is 105 cm³/mol. The van der Waals surface area contributed by atoms with Crippen LogP contribution in [0.2, 0.25) is 0 Å². The van der Waals surface area contributed by atoms with Gasteiger partial charge in [-0.05, 0) is 19.4 Å². The molecule has 1 unspecified atom stereocenters. The van der Waals surface area contributed by atoms with Crippen LogP contribution in [0.5, 0.6) is 5.88 Å². The van der Waals surface area contributed by atoms with Crippen LogP contribution in [0, 0.1) is 0 Å². The van der Waals surface area contributed by atoms with Gasteiger partial charge in [-0.2, -0.15) is 0 Å². The molecule has 1 rings (SSSR count). The summed E-state index contributed by atoms with van der Waals surface area (Å²) in [6, 6.07) is 4.10. The van der Waals surface area contributed by atoms with Gasteiger partial charge in [-0.15, -0.1) is 24.0 Å². The number of nitrogens with one attached hydrogen (secondary N) is 2. The summed E-state index contributed by atoms with van der Waals surface area (Å²) in [7, 11) is 3.43. The van der Waals surface area contributed by atoms with E-state index in [4.69, 9.17) is 9.47 Å². The molecule has 0 fully saturated rings. The van der Waals surface area contributed by atoms with Crippen molar-refractivity contribution in [2.75, 3.05) is 27.4 Å². The molecular weight excluding hydrogens is 407 g/mol.